The van der Waals surface area contributed by atoms with E-state index in [2.05, 4.69) is 10.3 Å². The number of anilines is 1. The second kappa shape index (κ2) is 6.20. The summed E-state index contributed by atoms with van der Waals surface area (Å²) in [6, 6.07) is 3.24. The molecule has 1 aromatic rings. The first-order chi connectivity index (χ1) is 8.10. The van der Waals surface area contributed by atoms with Gasteiger partial charge in [-0.15, -0.1) is 0 Å². The van der Waals surface area contributed by atoms with Crippen molar-refractivity contribution in [2.24, 2.45) is 0 Å². The minimum absolute atomic E-state index is 0.0558. The molecule has 1 unspecified atom stereocenters. The van der Waals surface area contributed by atoms with Crippen molar-refractivity contribution >= 4 is 11.7 Å². The van der Waals surface area contributed by atoms with Gasteiger partial charge in [-0.2, -0.15) is 0 Å². The molecule has 0 radical (unpaired) electrons. The van der Waals surface area contributed by atoms with Gasteiger partial charge in [0.25, 0.3) is 5.91 Å². The predicted molar refractivity (Wildman–Crippen MR) is 67.2 cm³/mol. The molecule has 0 aromatic carbocycles. The number of aromatic nitrogens is 1. The zero-order valence-electron chi connectivity index (χ0n) is 10.5. The molecule has 5 heteroatoms. The highest BCUT2D eigenvalue weighted by Gasteiger charge is 2.16. The lowest BCUT2D eigenvalue weighted by Gasteiger charge is -2.18. The van der Waals surface area contributed by atoms with E-state index in [0.29, 0.717) is 17.8 Å². The lowest BCUT2D eigenvalue weighted by atomic mass is 10.2. The largest absolute Gasteiger partial charge is 0.394 e. The zero-order valence-corrected chi connectivity index (χ0v) is 10.5. The Morgan fingerprint density at radius 2 is 2.29 bits per heavy atom. The summed E-state index contributed by atoms with van der Waals surface area (Å²) in [7, 11) is 3.67. The summed E-state index contributed by atoms with van der Waals surface area (Å²) < 4.78 is 0. The summed E-state index contributed by atoms with van der Waals surface area (Å²) in [5.41, 5.74) is 0.518. The fourth-order valence-electron chi connectivity index (χ4n) is 1.47. The van der Waals surface area contributed by atoms with Gasteiger partial charge in [-0.3, -0.25) is 4.79 Å². The van der Waals surface area contributed by atoms with E-state index < -0.39 is 0 Å². The summed E-state index contributed by atoms with van der Waals surface area (Å²) in [6.45, 7) is 1.86. The van der Waals surface area contributed by atoms with Crippen molar-refractivity contribution in [3.05, 3.63) is 23.9 Å². The van der Waals surface area contributed by atoms with E-state index in [1.54, 1.807) is 23.2 Å². The molecular formula is C12H19N3O2. The Morgan fingerprint density at radius 1 is 1.59 bits per heavy atom. The van der Waals surface area contributed by atoms with Gasteiger partial charge in [0, 0.05) is 20.3 Å². The summed E-state index contributed by atoms with van der Waals surface area (Å²) in [6.07, 6.45) is 2.34. The molecule has 17 heavy (non-hydrogen) atoms. The van der Waals surface area contributed by atoms with Crippen LogP contribution in [0.25, 0.3) is 0 Å². The van der Waals surface area contributed by atoms with Gasteiger partial charge in [-0.05, 0) is 18.6 Å². The highest BCUT2D eigenvalue weighted by atomic mass is 16.3. The Bertz CT molecular complexity index is 376. The van der Waals surface area contributed by atoms with Crippen molar-refractivity contribution in [1.82, 2.24) is 10.3 Å². The average Bonchev–Trinajstić information content (AvgIpc) is 2.35. The van der Waals surface area contributed by atoms with Gasteiger partial charge in [0.2, 0.25) is 0 Å². The van der Waals surface area contributed by atoms with Gasteiger partial charge in [0.15, 0.2) is 0 Å². The predicted octanol–water partition coefficient (Wildman–Crippen LogP) is 0.648. The van der Waals surface area contributed by atoms with Crippen molar-refractivity contribution in [3.8, 4) is 0 Å². The number of rotatable bonds is 5. The van der Waals surface area contributed by atoms with Crippen molar-refractivity contribution in [3.63, 3.8) is 0 Å². The lowest BCUT2D eigenvalue weighted by Crippen LogP contribution is -2.37. The maximum absolute atomic E-state index is 12.0. The fraction of sp³-hybridized carbons (Fsp3) is 0.500. The monoisotopic (exact) mass is 237 g/mol. The highest BCUT2D eigenvalue weighted by Crippen LogP contribution is 2.14. The van der Waals surface area contributed by atoms with Crippen LogP contribution in [0.2, 0.25) is 0 Å². The third kappa shape index (κ3) is 3.42. The van der Waals surface area contributed by atoms with E-state index in [1.165, 1.54) is 0 Å². The quantitative estimate of drug-likeness (QED) is 0.789. The Labute approximate surface area is 101 Å². The van der Waals surface area contributed by atoms with Gasteiger partial charge < -0.3 is 15.3 Å². The fourth-order valence-corrected chi connectivity index (χ4v) is 1.47. The molecule has 2 N–H and O–H groups in total. The topological polar surface area (TPSA) is 65.5 Å². The number of pyridine rings is 1. The van der Waals surface area contributed by atoms with E-state index in [-0.39, 0.29) is 18.6 Å². The van der Waals surface area contributed by atoms with Crippen LogP contribution in [0.4, 0.5) is 5.82 Å². The van der Waals surface area contributed by atoms with Crippen LogP contribution in [-0.4, -0.2) is 42.7 Å². The second-order valence-corrected chi connectivity index (χ2v) is 4.03. The summed E-state index contributed by atoms with van der Waals surface area (Å²) in [4.78, 5) is 18.0. The molecule has 0 saturated carbocycles. The molecule has 1 amide bonds. The molecular weight excluding hydrogens is 218 g/mol. The van der Waals surface area contributed by atoms with Crippen molar-refractivity contribution in [2.75, 3.05) is 25.6 Å². The Kier molecular flexibility index (Phi) is 4.90. The normalized spacial score (nSPS) is 12.0. The van der Waals surface area contributed by atoms with Crippen LogP contribution >= 0.6 is 0 Å². The first kappa shape index (κ1) is 13.4. The SMILES string of the molecule is CCC(CO)NC(=O)c1cccnc1N(C)C. The van der Waals surface area contributed by atoms with E-state index in [0.717, 1.165) is 0 Å². The number of hydrogen-bond donors (Lipinski definition) is 2. The van der Waals surface area contributed by atoms with E-state index in [1.807, 2.05) is 21.0 Å². The molecule has 0 aliphatic carbocycles. The molecule has 1 heterocycles. The number of nitrogens with one attached hydrogen (secondary N) is 1. The number of aliphatic hydroxyl groups excluding tert-OH is 1. The maximum Gasteiger partial charge on any atom is 0.255 e. The molecule has 1 atom stereocenters. The molecule has 0 bridgehead atoms. The molecule has 0 saturated heterocycles. The third-order valence-corrected chi connectivity index (χ3v) is 2.50. The summed E-state index contributed by atoms with van der Waals surface area (Å²) in [5.74, 6) is 0.417. The van der Waals surface area contributed by atoms with E-state index >= 15 is 0 Å². The molecule has 1 rings (SSSR count). The number of hydrogen-bond acceptors (Lipinski definition) is 4. The number of amides is 1. The minimum Gasteiger partial charge on any atom is -0.394 e. The van der Waals surface area contributed by atoms with Crippen molar-refractivity contribution in [1.29, 1.82) is 0 Å². The van der Waals surface area contributed by atoms with Crippen LogP contribution in [0, 0.1) is 0 Å². The number of nitrogens with zero attached hydrogens (tertiary/aromatic N) is 2. The Balaban J connectivity index is 2.88. The Morgan fingerprint density at radius 3 is 2.82 bits per heavy atom. The van der Waals surface area contributed by atoms with Crippen LogP contribution in [0.15, 0.2) is 18.3 Å². The molecule has 0 aliphatic rings. The average molecular weight is 237 g/mol. The highest BCUT2D eigenvalue weighted by molar-refractivity contribution is 5.98. The minimum atomic E-state index is -0.210. The zero-order chi connectivity index (χ0) is 12.8. The summed E-state index contributed by atoms with van der Waals surface area (Å²) >= 11 is 0. The van der Waals surface area contributed by atoms with E-state index in [9.17, 15) is 4.79 Å². The summed E-state index contributed by atoms with van der Waals surface area (Å²) in [5, 5.41) is 11.8. The molecule has 1 aromatic heterocycles. The van der Waals surface area contributed by atoms with E-state index in [4.69, 9.17) is 5.11 Å². The standard InChI is InChI=1S/C12H19N3O2/c1-4-9(8-16)14-12(17)10-6-5-7-13-11(10)15(2)3/h5-7,9,16H,4,8H2,1-3H3,(H,14,17). The number of carbonyl (C=O) groups excluding carboxylic acids is 1. The maximum atomic E-state index is 12.0. The van der Waals surface area contributed by atoms with Crippen LogP contribution in [0.5, 0.6) is 0 Å². The molecule has 0 fully saturated rings. The Hall–Kier alpha value is -1.62. The lowest BCUT2D eigenvalue weighted by molar-refractivity contribution is 0.0915. The van der Waals surface area contributed by atoms with Gasteiger partial charge in [-0.25, -0.2) is 4.98 Å². The molecule has 0 spiro atoms. The first-order valence-electron chi connectivity index (χ1n) is 5.64. The molecule has 5 nitrogen and oxygen atoms in total. The van der Waals surface area contributed by atoms with Crippen LogP contribution in [-0.2, 0) is 0 Å². The van der Waals surface area contributed by atoms with Gasteiger partial charge in [0.05, 0.1) is 18.2 Å². The first-order valence-corrected chi connectivity index (χ1v) is 5.64. The second-order valence-electron chi connectivity index (χ2n) is 4.03. The number of carbonyl (C=O) groups is 1. The third-order valence-electron chi connectivity index (χ3n) is 2.50. The van der Waals surface area contributed by atoms with Crippen LogP contribution < -0.4 is 10.2 Å². The molecule has 0 aliphatic heterocycles. The van der Waals surface area contributed by atoms with Crippen molar-refractivity contribution in [2.45, 2.75) is 19.4 Å². The van der Waals surface area contributed by atoms with Crippen LogP contribution in [0.3, 0.4) is 0 Å². The van der Waals surface area contributed by atoms with Gasteiger partial charge >= 0.3 is 0 Å². The van der Waals surface area contributed by atoms with Crippen LogP contribution in [0.1, 0.15) is 23.7 Å². The van der Waals surface area contributed by atoms with Gasteiger partial charge in [-0.1, -0.05) is 6.92 Å². The van der Waals surface area contributed by atoms with Crippen molar-refractivity contribution < 1.29 is 9.90 Å². The molecule has 94 valence electrons. The van der Waals surface area contributed by atoms with Gasteiger partial charge in [0.1, 0.15) is 5.82 Å². The smallest absolute Gasteiger partial charge is 0.255 e. The number of aliphatic hydroxyl groups is 1.